The van der Waals surface area contributed by atoms with E-state index in [4.69, 9.17) is 5.73 Å². The lowest BCUT2D eigenvalue weighted by molar-refractivity contribution is 0.150. The Morgan fingerprint density at radius 2 is 1.78 bits per heavy atom. The van der Waals surface area contributed by atoms with Crippen molar-refractivity contribution in [2.75, 3.05) is 39.8 Å². The zero-order chi connectivity index (χ0) is 13.0. The minimum atomic E-state index is 0.151. The summed E-state index contributed by atoms with van der Waals surface area (Å²) in [5.41, 5.74) is 7.47. The minimum absolute atomic E-state index is 0.151. The number of halogens is 1. The van der Waals surface area contributed by atoms with Crippen molar-refractivity contribution in [1.82, 2.24) is 9.80 Å². The van der Waals surface area contributed by atoms with Crippen LogP contribution in [0.2, 0.25) is 0 Å². The van der Waals surface area contributed by atoms with Crippen LogP contribution in [0.15, 0.2) is 28.7 Å². The first kappa shape index (κ1) is 14.0. The number of likely N-dealkylation sites (N-methyl/N-ethyl adjacent to an activating group) is 1. The van der Waals surface area contributed by atoms with Crippen molar-refractivity contribution in [2.24, 2.45) is 5.73 Å². The van der Waals surface area contributed by atoms with Gasteiger partial charge in [0, 0.05) is 43.2 Å². The van der Waals surface area contributed by atoms with E-state index >= 15 is 0 Å². The lowest BCUT2D eigenvalue weighted by Gasteiger charge is -2.32. The molecule has 0 spiro atoms. The molecule has 1 aliphatic heterocycles. The van der Waals surface area contributed by atoms with Gasteiger partial charge >= 0.3 is 0 Å². The first-order chi connectivity index (χ1) is 8.65. The Kier molecular flexibility index (Phi) is 5.18. The summed E-state index contributed by atoms with van der Waals surface area (Å²) in [5.74, 6) is 0. The number of nitrogens with two attached hydrogens (primary N) is 1. The zero-order valence-electron chi connectivity index (χ0n) is 11.0. The first-order valence-corrected chi connectivity index (χ1v) is 7.36. The van der Waals surface area contributed by atoms with Crippen LogP contribution in [-0.4, -0.2) is 49.6 Å². The number of benzene rings is 1. The second-order valence-electron chi connectivity index (χ2n) is 5.09. The molecular formula is C14H22BrN3. The summed E-state index contributed by atoms with van der Waals surface area (Å²) in [7, 11) is 2.19. The van der Waals surface area contributed by atoms with Crippen LogP contribution in [0.4, 0.5) is 0 Å². The summed E-state index contributed by atoms with van der Waals surface area (Å²) in [6.45, 7) is 5.79. The molecule has 1 aliphatic rings. The zero-order valence-corrected chi connectivity index (χ0v) is 12.6. The highest BCUT2D eigenvalue weighted by atomic mass is 79.9. The van der Waals surface area contributed by atoms with Gasteiger partial charge < -0.3 is 15.5 Å². The molecule has 2 rings (SSSR count). The number of nitrogens with zero attached hydrogens (tertiary/aromatic N) is 2. The van der Waals surface area contributed by atoms with Crippen molar-refractivity contribution >= 4 is 15.9 Å². The standard InChI is InChI=1S/C14H22BrN3/c1-17-8-10-18(11-9-17)7-6-14(16)12-2-4-13(15)5-3-12/h2-5,14H,6-11,16H2,1H3. The van der Waals surface area contributed by atoms with E-state index in [0.29, 0.717) is 0 Å². The Bertz CT molecular complexity index is 358. The van der Waals surface area contributed by atoms with E-state index in [1.807, 2.05) is 0 Å². The third kappa shape index (κ3) is 4.05. The molecule has 100 valence electrons. The Hall–Kier alpha value is -0.420. The molecule has 3 nitrogen and oxygen atoms in total. The molecule has 1 heterocycles. The quantitative estimate of drug-likeness (QED) is 0.924. The minimum Gasteiger partial charge on any atom is -0.324 e. The van der Waals surface area contributed by atoms with Crippen LogP contribution < -0.4 is 5.73 Å². The van der Waals surface area contributed by atoms with Crippen LogP contribution in [0.25, 0.3) is 0 Å². The molecule has 1 saturated heterocycles. The van der Waals surface area contributed by atoms with Crippen molar-refractivity contribution in [3.8, 4) is 0 Å². The van der Waals surface area contributed by atoms with Crippen molar-refractivity contribution < 1.29 is 0 Å². The van der Waals surface area contributed by atoms with Crippen molar-refractivity contribution in [3.63, 3.8) is 0 Å². The molecule has 1 unspecified atom stereocenters. The van der Waals surface area contributed by atoms with E-state index in [0.717, 1.165) is 17.4 Å². The molecule has 1 atom stereocenters. The molecule has 0 radical (unpaired) electrons. The maximum absolute atomic E-state index is 6.24. The summed E-state index contributed by atoms with van der Waals surface area (Å²) in [4.78, 5) is 4.89. The molecule has 1 aromatic rings. The molecule has 1 aromatic carbocycles. The number of piperazine rings is 1. The molecule has 4 heteroatoms. The molecule has 0 bridgehead atoms. The van der Waals surface area contributed by atoms with E-state index in [1.54, 1.807) is 0 Å². The van der Waals surface area contributed by atoms with Crippen LogP contribution >= 0.6 is 15.9 Å². The fourth-order valence-corrected chi connectivity index (χ4v) is 2.53. The number of hydrogen-bond acceptors (Lipinski definition) is 3. The fraction of sp³-hybridized carbons (Fsp3) is 0.571. The van der Waals surface area contributed by atoms with Gasteiger partial charge in [0.2, 0.25) is 0 Å². The van der Waals surface area contributed by atoms with Gasteiger partial charge in [0.05, 0.1) is 0 Å². The highest BCUT2D eigenvalue weighted by Gasteiger charge is 2.15. The lowest BCUT2D eigenvalue weighted by Crippen LogP contribution is -2.45. The summed E-state index contributed by atoms with van der Waals surface area (Å²) >= 11 is 3.45. The van der Waals surface area contributed by atoms with Crippen LogP contribution in [0.3, 0.4) is 0 Å². The van der Waals surface area contributed by atoms with Crippen LogP contribution in [-0.2, 0) is 0 Å². The molecule has 0 aromatic heterocycles. The normalized spacial score (nSPS) is 19.9. The molecule has 0 saturated carbocycles. The van der Waals surface area contributed by atoms with Gasteiger partial charge in [0.15, 0.2) is 0 Å². The highest BCUT2D eigenvalue weighted by molar-refractivity contribution is 9.10. The molecule has 1 fully saturated rings. The Morgan fingerprint density at radius 1 is 1.17 bits per heavy atom. The smallest absolute Gasteiger partial charge is 0.0307 e. The van der Waals surface area contributed by atoms with E-state index in [9.17, 15) is 0 Å². The monoisotopic (exact) mass is 311 g/mol. The summed E-state index contributed by atoms with van der Waals surface area (Å²) in [6.07, 6.45) is 1.03. The molecule has 0 aliphatic carbocycles. The average molecular weight is 312 g/mol. The summed E-state index contributed by atoms with van der Waals surface area (Å²) < 4.78 is 1.11. The third-order valence-electron chi connectivity index (χ3n) is 3.65. The maximum atomic E-state index is 6.24. The van der Waals surface area contributed by atoms with E-state index in [-0.39, 0.29) is 6.04 Å². The summed E-state index contributed by atoms with van der Waals surface area (Å²) in [5, 5.41) is 0. The Labute approximate surface area is 118 Å². The van der Waals surface area contributed by atoms with Gasteiger partial charge in [-0.3, -0.25) is 0 Å². The third-order valence-corrected chi connectivity index (χ3v) is 4.18. The average Bonchev–Trinajstić information content (AvgIpc) is 2.38. The Balaban J connectivity index is 1.77. The predicted molar refractivity (Wildman–Crippen MR) is 79.6 cm³/mol. The predicted octanol–water partition coefficient (Wildman–Crippen LogP) is 2.09. The highest BCUT2D eigenvalue weighted by Crippen LogP contribution is 2.18. The molecular weight excluding hydrogens is 290 g/mol. The van der Waals surface area contributed by atoms with Crippen molar-refractivity contribution in [2.45, 2.75) is 12.5 Å². The lowest BCUT2D eigenvalue weighted by atomic mass is 10.0. The van der Waals surface area contributed by atoms with Gasteiger partial charge in [-0.25, -0.2) is 0 Å². The largest absolute Gasteiger partial charge is 0.324 e. The van der Waals surface area contributed by atoms with Gasteiger partial charge in [-0.05, 0) is 31.2 Å². The fourth-order valence-electron chi connectivity index (χ4n) is 2.27. The van der Waals surface area contributed by atoms with Gasteiger partial charge in [-0.15, -0.1) is 0 Å². The first-order valence-electron chi connectivity index (χ1n) is 6.57. The molecule has 2 N–H and O–H groups in total. The second kappa shape index (κ2) is 6.66. The SMILES string of the molecule is CN1CCN(CCC(N)c2ccc(Br)cc2)CC1. The van der Waals surface area contributed by atoms with Crippen LogP contribution in [0.1, 0.15) is 18.0 Å². The van der Waals surface area contributed by atoms with Gasteiger partial charge in [0.25, 0.3) is 0 Å². The van der Waals surface area contributed by atoms with Crippen molar-refractivity contribution in [1.29, 1.82) is 0 Å². The molecule has 18 heavy (non-hydrogen) atoms. The topological polar surface area (TPSA) is 32.5 Å². The van der Waals surface area contributed by atoms with Gasteiger partial charge in [0.1, 0.15) is 0 Å². The van der Waals surface area contributed by atoms with Gasteiger partial charge in [-0.1, -0.05) is 28.1 Å². The molecule has 0 amide bonds. The van der Waals surface area contributed by atoms with Crippen LogP contribution in [0.5, 0.6) is 0 Å². The van der Waals surface area contributed by atoms with E-state index in [1.165, 1.54) is 31.7 Å². The van der Waals surface area contributed by atoms with Crippen LogP contribution in [0, 0.1) is 0 Å². The number of hydrogen-bond donors (Lipinski definition) is 1. The van der Waals surface area contributed by atoms with E-state index in [2.05, 4.69) is 57.0 Å². The Morgan fingerprint density at radius 3 is 2.39 bits per heavy atom. The van der Waals surface area contributed by atoms with Crippen molar-refractivity contribution in [3.05, 3.63) is 34.3 Å². The summed E-state index contributed by atoms with van der Waals surface area (Å²) in [6, 6.07) is 8.49. The number of rotatable bonds is 4. The van der Waals surface area contributed by atoms with Gasteiger partial charge in [-0.2, -0.15) is 0 Å². The van der Waals surface area contributed by atoms with E-state index < -0.39 is 0 Å². The second-order valence-corrected chi connectivity index (χ2v) is 6.01. The maximum Gasteiger partial charge on any atom is 0.0307 e.